The molecular weight excluding hydrogens is 304 g/mol. The van der Waals surface area contributed by atoms with Crippen molar-refractivity contribution in [3.8, 4) is 0 Å². The molecule has 0 aromatic rings. The Morgan fingerprint density at radius 2 is 1.40 bits per heavy atom. The van der Waals surface area contributed by atoms with E-state index in [0.29, 0.717) is 6.10 Å². The molecule has 0 heterocycles. The minimum Gasteiger partial charge on any atom is -0.374 e. The summed E-state index contributed by atoms with van der Waals surface area (Å²) in [6, 6.07) is 0. The van der Waals surface area contributed by atoms with Gasteiger partial charge in [0.15, 0.2) is 0 Å². The molecule has 0 unspecified atom stereocenters. The summed E-state index contributed by atoms with van der Waals surface area (Å²) >= 11 is 0. The Morgan fingerprint density at radius 3 is 2.08 bits per heavy atom. The van der Waals surface area contributed by atoms with Gasteiger partial charge in [-0.1, -0.05) is 70.9 Å². The highest BCUT2D eigenvalue weighted by atomic mass is 16.5. The van der Waals surface area contributed by atoms with Crippen molar-refractivity contribution < 1.29 is 4.74 Å². The maximum absolute atomic E-state index is 6.11. The fourth-order valence-electron chi connectivity index (χ4n) is 4.96. The van der Waals surface area contributed by atoms with Gasteiger partial charge < -0.3 is 4.74 Å². The van der Waals surface area contributed by atoms with Crippen LogP contribution in [0.4, 0.5) is 0 Å². The smallest absolute Gasteiger partial charge is 0.0651 e. The first kappa shape index (κ1) is 21.0. The van der Waals surface area contributed by atoms with Crippen molar-refractivity contribution in [1.82, 2.24) is 0 Å². The zero-order valence-electron chi connectivity index (χ0n) is 17.2. The highest BCUT2D eigenvalue weighted by Gasteiger charge is 2.21. The van der Waals surface area contributed by atoms with Crippen molar-refractivity contribution in [2.24, 2.45) is 17.8 Å². The lowest BCUT2D eigenvalue weighted by Gasteiger charge is -2.28. The second-order valence-corrected chi connectivity index (χ2v) is 8.82. The van der Waals surface area contributed by atoms with Gasteiger partial charge in [0.25, 0.3) is 0 Å². The van der Waals surface area contributed by atoms with E-state index < -0.39 is 0 Å². The van der Waals surface area contributed by atoms with Crippen LogP contribution in [0.1, 0.15) is 110 Å². The molecule has 0 N–H and O–H groups in total. The molecule has 1 nitrogen and oxygen atoms in total. The molecule has 2 rings (SSSR count). The monoisotopic (exact) mass is 348 g/mol. The largest absolute Gasteiger partial charge is 0.374 e. The first-order chi connectivity index (χ1) is 12.3. The van der Waals surface area contributed by atoms with Gasteiger partial charge in [0.1, 0.15) is 0 Å². The number of hydrogen-bond acceptors (Lipinski definition) is 1. The molecule has 1 heteroatoms. The van der Waals surface area contributed by atoms with E-state index >= 15 is 0 Å². The maximum Gasteiger partial charge on any atom is 0.0651 e. The fourth-order valence-corrected chi connectivity index (χ4v) is 4.96. The minimum atomic E-state index is 0.539. The van der Waals surface area contributed by atoms with Crippen molar-refractivity contribution in [2.75, 3.05) is 6.61 Å². The van der Waals surface area contributed by atoms with Gasteiger partial charge >= 0.3 is 0 Å². The minimum absolute atomic E-state index is 0.539. The van der Waals surface area contributed by atoms with E-state index in [4.69, 9.17) is 4.74 Å². The van der Waals surface area contributed by atoms with Crippen molar-refractivity contribution in [3.63, 3.8) is 0 Å². The third-order valence-corrected chi connectivity index (χ3v) is 6.68. The first-order valence-electron chi connectivity index (χ1n) is 11.6. The number of hydrogen-bond donors (Lipinski definition) is 0. The fraction of sp³-hybridized carbons (Fsp3) is 0.917. The van der Waals surface area contributed by atoms with Crippen LogP contribution in [0.3, 0.4) is 0 Å². The van der Waals surface area contributed by atoms with Crippen LogP contribution in [0.15, 0.2) is 12.2 Å². The Balaban J connectivity index is 1.49. The first-order valence-corrected chi connectivity index (χ1v) is 11.6. The van der Waals surface area contributed by atoms with Gasteiger partial charge in [-0.3, -0.25) is 0 Å². The zero-order chi connectivity index (χ0) is 17.7. The molecule has 2 aliphatic carbocycles. The molecule has 0 aliphatic heterocycles. The van der Waals surface area contributed by atoms with E-state index in [9.17, 15) is 0 Å². The lowest BCUT2D eigenvalue weighted by atomic mass is 9.79. The van der Waals surface area contributed by atoms with Crippen molar-refractivity contribution in [1.29, 1.82) is 0 Å². The van der Waals surface area contributed by atoms with Crippen LogP contribution in [-0.4, -0.2) is 12.7 Å². The van der Waals surface area contributed by atoms with Gasteiger partial charge in [0.2, 0.25) is 0 Å². The van der Waals surface area contributed by atoms with E-state index in [2.05, 4.69) is 26.0 Å². The Morgan fingerprint density at radius 1 is 0.720 bits per heavy atom. The number of allylic oxidation sites excluding steroid dienone is 1. The van der Waals surface area contributed by atoms with Crippen molar-refractivity contribution >= 4 is 0 Å². The molecule has 0 radical (unpaired) electrons. The van der Waals surface area contributed by atoms with Crippen molar-refractivity contribution in [2.45, 2.75) is 116 Å². The van der Waals surface area contributed by atoms with Crippen LogP contribution in [0.2, 0.25) is 0 Å². The molecule has 0 saturated heterocycles. The molecule has 25 heavy (non-hydrogen) atoms. The third kappa shape index (κ3) is 8.76. The van der Waals surface area contributed by atoms with E-state index in [1.807, 2.05) is 0 Å². The molecule has 2 aliphatic rings. The van der Waals surface area contributed by atoms with Crippen LogP contribution >= 0.6 is 0 Å². The Bertz CT molecular complexity index is 332. The lowest BCUT2D eigenvalue weighted by Crippen LogP contribution is -2.21. The van der Waals surface area contributed by atoms with Gasteiger partial charge in [-0.15, -0.1) is 0 Å². The van der Waals surface area contributed by atoms with Crippen LogP contribution < -0.4 is 0 Å². The molecule has 0 aromatic carbocycles. The van der Waals surface area contributed by atoms with Crippen LogP contribution in [-0.2, 0) is 4.74 Å². The molecule has 146 valence electrons. The molecule has 0 atom stereocenters. The average Bonchev–Trinajstić information content (AvgIpc) is 2.65. The average molecular weight is 349 g/mol. The molecule has 2 fully saturated rings. The maximum atomic E-state index is 6.11. The van der Waals surface area contributed by atoms with Gasteiger partial charge in [-0.05, 0) is 69.1 Å². The summed E-state index contributed by atoms with van der Waals surface area (Å²) in [5.74, 6) is 2.84. The molecular formula is C24H44O. The summed E-state index contributed by atoms with van der Waals surface area (Å²) in [7, 11) is 0. The summed E-state index contributed by atoms with van der Waals surface area (Å²) in [6.07, 6.45) is 26.4. The highest BCUT2D eigenvalue weighted by molar-refractivity contribution is 4.91. The van der Waals surface area contributed by atoms with Gasteiger partial charge in [0.05, 0.1) is 12.7 Å². The topological polar surface area (TPSA) is 9.23 Å². The predicted octanol–water partition coefficient (Wildman–Crippen LogP) is 7.69. The predicted molar refractivity (Wildman–Crippen MR) is 110 cm³/mol. The quantitative estimate of drug-likeness (QED) is 0.274. The standard InChI is InChI=1S/C24H44O/c1-3-5-6-7-10-22-12-14-23(15-13-22)11-8-20-25-24-18-16-21(9-4-2)17-19-24/h8,11,21-24H,3-7,9-10,12-20H2,1-2H3. The van der Waals surface area contributed by atoms with Crippen LogP contribution in [0.25, 0.3) is 0 Å². The van der Waals surface area contributed by atoms with Crippen LogP contribution in [0.5, 0.6) is 0 Å². The van der Waals surface area contributed by atoms with Crippen molar-refractivity contribution in [3.05, 3.63) is 12.2 Å². The zero-order valence-corrected chi connectivity index (χ0v) is 17.2. The van der Waals surface area contributed by atoms with E-state index in [-0.39, 0.29) is 0 Å². The highest BCUT2D eigenvalue weighted by Crippen LogP contribution is 2.33. The van der Waals surface area contributed by atoms with E-state index in [1.54, 1.807) is 0 Å². The Hall–Kier alpha value is -0.300. The lowest BCUT2D eigenvalue weighted by molar-refractivity contribution is 0.0333. The van der Waals surface area contributed by atoms with Gasteiger partial charge in [-0.25, -0.2) is 0 Å². The van der Waals surface area contributed by atoms with E-state index in [1.165, 1.54) is 96.3 Å². The Kier molecular flexibility index (Phi) is 10.9. The second-order valence-electron chi connectivity index (χ2n) is 8.82. The summed E-state index contributed by atoms with van der Waals surface area (Å²) in [5.41, 5.74) is 0. The normalized spacial score (nSPS) is 30.8. The summed E-state index contributed by atoms with van der Waals surface area (Å²) in [4.78, 5) is 0. The SMILES string of the molecule is CCCCCCC1CCC(C=CCOC2CCC(CCC)CC2)CC1. The number of unbranched alkanes of at least 4 members (excludes halogenated alkanes) is 3. The molecule has 0 spiro atoms. The molecule has 0 bridgehead atoms. The summed E-state index contributed by atoms with van der Waals surface area (Å²) in [5, 5.41) is 0. The van der Waals surface area contributed by atoms with Gasteiger partial charge in [0, 0.05) is 0 Å². The van der Waals surface area contributed by atoms with Gasteiger partial charge in [-0.2, -0.15) is 0 Å². The molecule has 0 amide bonds. The Labute approximate surface area is 158 Å². The van der Waals surface area contributed by atoms with E-state index in [0.717, 1.165) is 24.4 Å². The summed E-state index contributed by atoms with van der Waals surface area (Å²) in [6.45, 7) is 5.46. The second kappa shape index (κ2) is 13.0. The number of rotatable bonds is 11. The molecule has 0 aromatic heterocycles. The molecule has 2 saturated carbocycles. The summed E-state index contributed by atoms with van der Waals surface area (Å²) < 4.78 is 6.11. The van der Waals surface area contributed by atoms with Crippen LogP contribution in [0, 0.1) is 17.8 Å². The number of ether oxygens (including phenoxy) is 1. The third-order valence-electron chi connectivity index (χ3n) is 6.68.